The molecule has 0 radical (unpaired) electrons. The summed E-state index contributed by atoms with van der Waals surface area (Å²) in [7, 11) is -3.78. The van der Waals surface area contributed by atoms with E-state index in [1.54, 1.807) is 48.5 Å². The predicted octanol–water partition coefficient (Wildman–Crippen LogP) is 5.43. The van der Waals surface area contributed by atoms with Gasteiger partial charge in [0, 0.05) is 10.2 Å². The van der Waals surface area contributed by atoms with E-state index in [1.165, 1.54) is 0 Å². The maximum absolute atomic E-state index is 12.9. The third-order valence-corrected chi connectivity index (χ3v) is 6.07. The minimum Gasteiger partial charge on any atom is -0.395 e. The van der Waals surface area contributed by atoms with Crippen molar-refractivity contribution in [1.29, 1.82) is 0 Å². The van der Waals surface area contributed by atoms with Crippen molar-refractivity contribution in [3.63, 3.8) is 0 Å². The van der Waals surface area contributed by atoms with Gasteiger partial charge in [-0.3, -0.25) is 4.52 Å². The third kappa shape index (κ3) is 5.76. The Morgan fingerprint density at radius 2 is 1.36 bits per heavy atom. The van der Waals surface area contributed by atoms with Crippen LogP contribution in [0, 0.1) is 0 Å². The highest BCUT2D eigenvalue weighted by Crippen LogP contribution is 2.49. The quantitative estimate of drug-likeness (QED) is 0.398. The first-order valence-corrected chi connectivity index (χ1v) is 10.0. The Balaban J connectivity index is 2.14. The number of alkyl halides is 2. The van der Waals surface area contributed by atoms with Gasteiger partial charge in [0.2, 0.25) is 0 Å². The van der Waals surface area contributed by atoms with Gasteiger partial charge in [-0.1, -0.05) is 68.3 Å². The summed E-state index contributed by atoms with van der Waals surface area (Å²) in [5.41, 5.74) is 0. The van der Waals surface area contributed by atoms with Gasteiger partial charge in [0.1, 0.15) is 11.5 Å². The largest absolute Gasteiger partial charge is 0.587 e. The summed E-state index contributed by atoms with van der Waals surface area (Å²) >= 11 is 6.71. The van der Waals surface area contributed by atoms with Gasteiger partial charge >= 0.3 is 7.82 Å². The van der Waals surface area contributed by atoms with E-state index in [9.17, 15) is 4.57 Å². The number of halogens is 2. The van der Waals surface area contributed by atoms with Crippen molar-refractivity contribution >= 4 is 39.7 Å². The summed E-state index contributed by atoms with van der Waals surface area (Å²) < 4.78 is 29.2. The van der Waals surface area contributed by atoms with Crippen LogP contribution in [0.4, 0.5) is 0 Å². The molecule has 2 aromatic rings. The van der Waals surface area contributed by atoms with Crippen molar-refractivity contribution in [2.75, 3.05) is 11.9 Å². The SMILES string of the molecule is O=P(OCC(Br)CBr)(Oc1ccccc1)Oc1ccccc1. The zero-order valence-electron chi connectivity index (χ0n) is 11.6. The Kier molecular flexibility index (Phi) is 6.96. The molecule has 0 saturated heterocycles. The van der Waals surface area contributed by atoms with E-state index in [4.69, 9.17) is 13.6 Å². The first-order chi connectivity index (χ1) is 10.6. The van der Waals surface area contributed by atoms with Crippen molar-refractivity contribution < 1.29 is 18.1 Å². The van der Waals surface area contributed by atoms with Crippen LogP contribution in [0.1, 0.15) is 0 Å². The molecule has 0 aliphatic rings. The van der Waals surface area contributed by atoms with Crippen molar-refractivity contribution in [1.82, 2.24) is 0 Å². The molecule has 1 atom stereocenters. The van der Waals surface area contributed by atoms with Gasteiger partial charge in [-0.2, -0.15) is 0 Å². The van der Waals surface area contributed by atoms with Gasteiger partial charge in [-0.25, -0.2) is 4.57 Å². The van der Waals surface area contributed by atoms with Gasteiger partial charge in [-0.15, -0.1) is 0 Å². The molecule has 2 rings (SSSR count). The molecule has 118 valence electrons. The van der Waals surface area contributed by atoms with Crippen LogP contribution in [0.25, 0.3) is 0 Å². The van der Waals surface area contributed by atoms with E-state index in [0.717, 1.165) is 0 Å². The van der Waals surface area contributed by atoms with Crippen LogP contribution in [-0.4, -0.2) is 16.8 Å². The first kappa shape index (κ1) is 17.5. The number of benzene rings is 2. The summed E-state index contributed by atoms with van der Waals surface area (Å²) in [5, 5.41) is 0.656. The van der Waals surface area contributed by atoms with Crippen molar-refractivity contribution in [2.24, 2.45) is 0 Å². The second kappa shape index (κ2) is 8.73. The molecule has 0 aliphatic carbocycles. The van der Waals surface area contributed by atoms with E-state index >= 15 is 0 Å². The molecule has 0 spiro atoms. The molecule has 7 heteroatoms. The minimum absolute atomic E-state index is 0.000397. The molecule has 0 heterocycles. The van der Waals surface area contributed by atoms with E-state index in [0.29, 0.717) is 16.8 Å². The number of phosphoric ester groups is 1. The molecule has 0 fully saturated rings. The zero-order chi connectivity index (χ0) is 15.8. The minimum atomic E-state index is -3.78. The Labute approximate surface area is 146 Å². The molecule has 22 heavy (non-hydrogen) atoms. The lowest BCUT2D eigenvalue weighted by atomic mass is 10.3. The summed E-state index contributed by atoms with van der Waals surface area (Å²) in [5.74, 6) is 0.846. The van der Waals surface area contributed by atoms with Crippen LogP contribution in [0.15, 0.2) is 60.7 Å². The molecule has 0 N–H and O–H groups in total. The van der Waals surface area contributed by atoms with Gasteiger partial charge < -0.3 is 9.05 Å². The lowest BCUT2D eigenvalue weighted by molar-refractivity contribution is 0.213. The summed E-state index contributed by atoms with van der Waals surface area (Å²) in [4.78, 5) is -0.000397. The molecular formula is C15H15Br2O4P. The third-order valence-electron chi connectivity index (χ3n) is 2.50. The maximum atomic E-state index is 12.9. The number of hydrogen-bond acceptors (Lipinski definition) is 4. The number of hydrogen-bond donors (Lipinski definition) is 0. The second-order valence-electron chi connectivity index (χ2n) is 4.30. The Hall–Kier alpha value is -0.810. The Morgan fingerprint density at radius 1 is 0.909 bits per heavy atom. The fraction of sp³-hybridized carbons (Fsp3) is 0.200. The lowest BCUT2D eigenvalue weighted by Crippen LogP contribution is -2.13. The number of phosphoric acid groups is 1. The summed E-state index contributed by atoms with van der Waals surface area (Å²) in [6, 6.07) is 17.6. The van der Waals surface area contributed by atoms with E-state index in [-0.39, 0.29) is 11.4 Å². The standard InChI is InChI=1S/C15H15Br2O4P/c16-11-13(17)12-19-22(18,20-14-7-3-1-4-8-14)21-15-9-5-2-6-10-15/h1-10,13H,11-12H2. The highest BCUT2D eigenvalue weighted by Gasteiger charge is 2.31. The van der Waals surface area contributed by atoms with Crippen LogP contribution in [0.3, 0.4) is 0 Å². The van der Waals surface area contributed by atoms with Crippen LogP contribution in [-0.2, 0) is 9.09 Å². The Morgan fingerprint density at radius 3 is 1.77 bits per heavy atom. The fourth-order valence-electron chi connectivity index (χ4n) is 1.51. The topological polar surface area (TPSA) is 44.8 Å². The van der Waals surface area contributed by atoms with Crippen molar-refractivity contribution in [2.45, 2.75) is 4.83 Å². The maximum Gasteiger partial charge on any atom is 0.587 e. The highest BCUT2D eigenvalue weighted by molar-refractivity contribution is 9.12. The number of rotatable bonds is 8. The molecule has 1 unspecified atom stereocenters. The van der Waals surface area contributed by atoms with Crippen LogP contribution < -0.4 is 9.05 Å². The molecule has 4 nitrogen and oxygen atoms in total. The highest BCUT2D eigenvalue weighted by atomic mass is 79.9. The molecule has 0 bridgehead atoms. The van der Waals surface area contributed by atoms with Gasteiger partial charge in [0.05, 0.1) is 6.61 Å². The van der Waals surface area contributed by atoms with Crippen molar-refractivity contribution in [3.05, 3.63) is 60.7 Å². The second-order valence-corrected chi connectivity index (χ2v) is 7.76. The van der Waals surface area contributed by atoms with Gasteiger partial charge in [0.15, 0.2) is 0 Å². The van der Waals surface area contributed by atoms with E-state index in [1.807, 2.05) is 12.1 Å². The van der Waals surface area contributed by atoms with E-state index in [2.05, 4.69) is 31.9 Å². The number of para-hydroxylation sites is 2. The molecule has 0 amide bonds. The summed E-state index contributed by atoms with van der Waals surface area (Å²) in [6.07, 6.45) is 0. The summed E-state index contributed by atoms with van der Waals surface area (Å²) in [6.45, 7) is 0.183. The molecule has 2 aromatic carbocycles. The first-order valence-electron chi connectivity index (χ1n) is 6.55. The average Bonchev–Trinajstić information content (AvgIpc) is 2.54. The van der Waals surface area contributed by atoms with Crippen LogP contribution >= 0.6 is 39.7 Å². The van der Waals surface area contributed by atoms with E-state index < -0.39 is 7.82 Å². The van der Waals surface area contributed by atoms with Gasteiger partial charge in [-0.05, 0) is 24.3 Å². The van der Waals surface area contributed by atoms with Gasteiger partial charge in [0.25, 0.3) is 0 Å². The smallest absolute Gasteiger partial charge is 0.395 e. The normalized spacial score (nSPS) is 12.6. The Bertz CT molecular complexity index is 564. The zero-order valence-corrected chi connectivity index (χ0v) is 15.7. The lowest BCUT2D eigenvalue weighted by Gasteiger charge is -2.20. The molecular weight excluding hydrogens is 435 g/mol. The monoisotopic (exact) mass is 448 g/mol. The molecule has 0 aromatic heterocycles. The fourth-order valence-corrected chi connectivity index (χ4v) is 3.30. The van der Waals surface area contributed by atoms with Crippen molar-refractivity contribution in [3.8, 4) is 11.5 Å². The van der Waals surface area contributed by atoms with Crippen LogP contribution in [0.5, 0.6) is 11.5 Å². The average molecular weight is 450 g/mol. The predicted molar refractivity (Wildman–Crippen MR) is 94.2 cm³/mol. The molecule has 0 aliphatic heterocycles. The molecule has 0 saturated carbocycles. The van der Waals surface area contributed by atoms with Crippen LogP contribution in [0.2, 0.25) is 0 Å².